The van der Waals surface area contributed by atoms with Gasteiger partial charge in [0.05, 0.1) is 17.2 Å². The summed E-state index contributed by atoms with van der Waals surface area (Å²) in [6.07, 6.45) is 3.11. The third-order valence-corrected chi connectivity index (χ3v) is 4.68. The predicted molar refractivity (Wildman–Crippen MR) is 92.7 cm³/mol. The van der Waals surface area contributed by atoms with Crippen molar-refractivity contribution in [2.45, 2.75) is 26.7 Å². The molecule has 0 aliphatic carbocycles. The largest absolute Gasteiger partial charge is 0.375 e. The molecule has 1 aromatic carbocycles. The first-order chi connectivity index (χ1) is 11.0. The summed E-state index contributed by atoms with van der Waals surface area (Å²) in [7, 11) is 0. The molecule has 7 heteroatoms. The van der Waals surface area contributed by atoms with Crippen LogP contribution in [-0.2, 0) is 6.42 Å². The summed E-state index contributed by atoms with van der Waals surface area (Å²) in [5, 5.41) is 3.28. The number of aromatic amines is 1. The Bertz CT molecular complexity index is 851. The van der Waals surface area contributed by atoms with E-state index < -0.39 is 0 Å². The first-order valence-corrected chi connectivity index (χ1v) is 8.30. The lowest BCUT2D eigenvalue weighted by Crippen LogP contribution is -2.23. The number of nitrogens with zero attached hydrogens (tertiary/aromatic N) is 2. The first-order valence-electron chi connectivity index (χ1n) is 7.49. The normalized spacial score (nSPS) is 11.0. The SMILES string of the molecule is Cc1ccc2[nH]c(CCCNC(=O)c3cnc(N)s3)nc2c1C. The van der Waals surface area contributed by atoms with Crippen molar-refractivity contribution in [2.24, 2.45) is 0 Å². The van der Waals surface area contributed by atoms with E-state index in [0.717, 1.165) is 29.7 Å². The number of nitrogens with one attached hydrogen (secondary N) is 2. The van der Waals surface area contributed by atoms with Gasteiger partial charge in [-0.1, -0.05) is 17.4 Å². The molecule has 1 amide bonds. The number of amides is 1. The highest BCUT2D eigenvalue weighted by molar-refractivity contribution is 7.17. The monoisotopic (exact) mass is 329 g/mol. The standard InChI is InChI=1S/C16H19N5OS/c1-9-5-6-11-14(10(9)2)21-13(20-11)4-3-7-18-15(22)12-8-19-16(17)23-12/h5-6,8H,3-4,7H2,1-2H3,(H2,17,19)(H,18,22)(H,20,21). The zero-order chi connectivity index (χ0) is 16.4. The number of thiazole rings is 1. The van der Waals surface area contributed by atoms with E-state index in [9.17, 15) is 4.79 Å². The molecular weight excluding hydrogens is 310 g/mol. The van der Waals surface area contributed by atoms with Crippen LogP contribution in [0.25, 0.3) is 11.0 Å². The van der Waals surface area contributed by atoms with Crippen LogP contribution in [0.2, 0.25) is 0 Å². The number of aromatic nitrogens is 3. The van der Waals surface area contributed by atoms with Crippen molar-refractivity contribution in [3.05, 3.63) is 40.2 Å². The number of fused-ring (bicyclic) bond motifs is 1. The summed E-state index contributed by atoms with van der Waals surface area (Å²) < 4.78 is 0. The highest BCUT2D eigenvalue weighted by Crippen LogP contribution is 2.19. The number of nitrogen functional groups attached to an aromatic ring is 1. The van der Waals surface area contributed by atoms with Crippen molar-refractivity contribution in [1.82, 2.24) is 20.3 Å². The van der Waals surface area contributed by atoms with Gasteiger partial charge in [0.2, 0.25) is 0 Å². The molecule has 0 saturated heterocycles. The third kappa shape index (κ3) is 3.34. The van der Waals surface area contributed by atoms with Gasteiger partial charge in [0, 0.05) is 13.0 Å². The lowest BCUT2D eigenvalue weighted by molar-refractivity contribution is 0.0957. The van der Waals surface area contributed by atoms with Crippen molar-refractivity contribution in [2.75, 3.05) is 12.3 Å². The molecule has 0 radical (unpaired) electrons. The lowest BCUT2D eigenvalue weighted by atomic mass is 10.1. The summed E-state index contributed by atoms with van der Waals surface area (Å²) in [5.74, 6) is 0.820. The van der Waals surface area contributed by atoms with Gasteiger partial charge in [0.15, 0.2) is 5.13 Å². The van der Waals surface area contributed by atoms with Crippen LogP contribution in [-0.4, -0.2) is 27.4 Å². The second-order valence-corrected chi connectivity index (χ2v) is 6.57. The molecule has 23 heavy (non-hydrogen) atoms. The van der Waals surface area contributed by atoms with E-state index in [4.69, 9.17) is 5.73 Å². The van der Waals surface area contributed by atoms with Crippen molar-refractivity contribution in [3.63, 3.8) is 0 Å². The predicted octanol–water partition coefficient (Wildman–Crippen LogP) is 2.58. The van der Waals surface area contributed by atoms with E-state index in [2.05, 4.69) is 46.2 Å². The maximum absolute atomic E-state index is 11.9. The highest BCUT2D eigenvalue weighted by Gasteiger charge is 2.09. The molecule has 120 valence electrons. The van der Waals surface area contributed by atoms with Crippen molar-refractivity contribution in [1.29, 1.82) is 0 Å². The van der Waals surface area contributed by atoms with Crippen molar-refractivity contribution in [3.8, 4) is 0 Å². The van der Waals surface area contributed by atoms with E-state index in [0.29, 0.717) is 16.6 Å². The second-order valence-electron chi connectivity index (χ2n) is 5.51. The van der Waals surface area contributed by atoms with Crippen LogP contribution in [0.5, 0.6) is 0 Å². The Hall–Kier alpha value is -2.41. The average molecular weight is 329 g/mol. The Morgan fingerprint density at radius 2 is 2.22 bits per heavy atom. The van der Waals surface area contributed by atoms with Gasteiger partial charge in [-0.05, 0) is 37.5 Å². The molecule has 0 aliphatic heterocycles. The van der Waals surface area contributed by atoms with Gasteiger partial charge in [-0.15, -0.1) is 0 Å². The molecule has 4 N–H and O–H groups in total. The molecule has 0 atom stereocenters. The molecule has 3 aromatic rings. The molecule has 0 spiro atoms. The Morgan fingerprint density at radius 1 is 1.39 bits per heavy atom. The van der Waals surface area contributed by atoms with Gasteiger partial charge >= 0.3 is 0 Å². The first kappa shape index (κ1) is 15.5. The molecule has 0 aliphatic rings. The minimum atomic E-state index is -0.129. The van der Waals surface area contributed by atoms with Gasteiger partial charge in [-0.25, -0.2) is 9.97 Å². The second kappa shape index (κ2) is 6.37. The summed E-state index contributed by atoms with van der Waals surface area (Å²) in [5.41, 5.74) is 10.1. The van der Waals surface area contributed by atoms with E-state index in [1.54, 1.807) is 0 Å². The fourth-order valence-electron chi connectivity index (χ4n) is 2.42. The fraction of sp³-hybridized carbons (Fsp3) is 0.312. The van der Waals surface area contributed by atoms with Gasteiger partial charge in [0.25, 0.3) is 5.91 Å². The van der Waals surface area contributed by atoms with Crippen LogP contribution < -0.4 is 11.1 Å². The van der Waals surface area contributed by atoms with Gasteiger partial charge in [0.1, 0.15) is 10.7 Å². The zero-order valence-electron chi connectivity index (χ0n) is 13.1. The van der Waals surface area contributed by atoms with Crippen LogP contribution in [0.1, 0.15) is 33.0 Å². The molecule has 2 heterocycles. The Kier molecular flexibility index (Phi) is 4.29. The van der Waals surface area contributed by atoms with Crippen LogP contribution in [0.3, 0.4) is 0 Å². The number of H-pyrrole nitrogens is 1. The summed E-state index contributed by atoms with van der Waals surface area (Å²) in [6.45, 7) is 4.76. The Balaban J connectivity index is 1.55. The van der Waals surface area contributed by atoms with Crippen molar-refractivity contribution < 1.29 is 4.79 Å². The Morgan fingerprint density at radius 3 is 2.96 bits per heavy atom. The van der Waals surface area contributed by atoms with Crippen molar-refractivity contribution >= 4 is 33.4 Å². The zero-order valence-corrected chi connectivity index (χ0v) is 14.0. The number of carbonyl (C=O) groups is 1. The number of carbonyl (C=O) groups excluding carboxylic acids is 1. The number of benzene rings is 1. The lowest BCUT2D eigenvalue weighted by Gasteiger charge is -2.01. The molecule has 0 fully saturated rings. The number of aryl methyl sites for hydroxylation is 3. The molecule has 2 aromatic heterocycles. The number of imidazole rings is 1. The minimum Gasteiger partial charge on any atom is -0.375 e. The third-order valence-electron chi connectivity index (χ3n) is 3.85. The average Bonchev–Trinajstić information content (AvgIpc) is 3.14. The van der Waals surface area contributed by atoms with Gasteiger partial charge < -0.3 is 16.0 Å². The summed E-state index contributed by atoms with van der Waals surface area (Å²) in [4.78, 5) is 24.3. The summed E-state index contributed by atoms with van der Waals surface area (Å²) >= 11 is 1.19. The molecule has 6 nitrogen and oxygen atoms in total. The van der Waals surface area contributed by atoms with Crippen LogP contribution in [0, 0.1) is 13.8 Å². The van der Waals surface area contributed by atoms with Crippen LogP contribution in [0.15, 0.2) is 18.3 Å². The Labute approximate surface area is 138 Å². The number of hydrogen-bond acceptors (Lipinski definition) is 5. The van der Waals surface area contributed by atoms with Gasteiger partial charge in [-0.2, -0.15) is 0 Å². The van der Waals surface area contributed by atoms with Crippen LogP contribution in [0.4, 0.5) is 5.13 Å². The topological polar surface area (TPSA) is 96.7 Å². The van der Waals surface area contributed by atoms with E-state index in [-0.39, 0.29) is 5.91 Å². The number of anilines is 1. The molecule has 0 bridgehead atoms. The molecule has 0 unspecified atom stereocenters. The van der Waals surface area contributed by atoms with E-state index >= 15 is 0 Å². The number of nitrogens with two attached hydrogens (primary N) is 1. The van der Waals surface area contributed by atoms with Crippen LogP contribution >= 0.6 is 11.3 Å². The maximum atomic E-state index is 11.9. The minimum absolute atomic E-state index is 0.129. The number of hydrogen-bond donors (Lipinski definition) is 3. The number of rotatable bonds is 5. The molecule has 0 saturated carbocycles. The molecule has 3 rings (SSSR count). The smallest absolute Gasteiger partial charge is 0.263 e. The van der Waals surface area contributed by atoms with E-state index in [1.807, 2.05) is 0 Å². The maximum Gasteiger partial charge on any atom is 0.263 e. The highest BCUT2D eigenvalue weighted by atomic mass is 32.1. The van der Waals surface area contributed by atoms with E-state index in [1.165, 1.54) is 28.7 Å². The fourth-order valence-corrected chi connectivity index (χ4v) is 3.02. The quantitative estimate of drug-likeness (QED) is 0.627. The van der Waals surface area contributed by atoms with Gasteiger partial charge in [-0.3, -0.25) is 4.79 Å². The molecular formula is C16H19N5OS. The summed E-state index contributed by atoms with van der Waals surface area (Å²) in [6, 6.07) is 4.16.